The number of methoxy groups -OCH3 is 1. The molecule has 1 N–H and O–H groups in total. The van der Waals surface area contributed by atoms with Gasteiger partial charge in [0.2, 0.25) is 0 Å². The number of aromatic nitrogens is 2. The van der Waals surface area contributed by atoms with Crippen molar-refractivity contribution in [2.45, 2.75) is 6.92 Å². The lowest BCUT2D eigenvalue weighted by Gasteiger charge is -2.09. The highest BCUT2D eigenvalue weighted by Gasteiger charge is 2.19. The Morgan fingerprint density at radius 3 is 2.52 bits per heavy atom. The molecule has 0 bridgehead atoms. The van der Waals surface area contributed by atoms with Crippen LogP contribution in [-0.4, -0.2) is 22.4 Å². The molecule has 2 aromatic carbocycles. The number of hydrogen-bond acceptors (Lipinski definition) is 3. The molecule has 0 radical (unpaired) electrons. The standard InChI is InChI=1S/C22H17Cl2N3O2/c1-13-4-3-11-27-20(13)25-19(15-7-10-17(23)18(24)12-15)21(27)26-22(28)14-5-8-16(29-2)9-6-14/h3-12H,1-2H3,(H,26,28). The summed E-state index contributed by atoms with van der Waals surface area (Å²) in [6.45, 7) is 1.97. The van der Waals surface area contributed by atoms with Crippen LogP contribution in [0.1, 0.15) is 15.9 Å². The van der Waals surface area contributed by atoms with Gasteiger partial charge in [-0.1, -0.05) is 35.3 Å². The lowest BCUT2D eigenvalue weighted by atomic mass is 10.1. The summed E-state index contributed by atoms with van der Waals surface area (Å²) in [7, 11) is 1.58. The fourth-order valence-corrected chi connectivity index (χ4v) is 3.39. The van der Waals surface area contributed by atoms with E-state index in [2.05, 4.69) is 5.32 Å². The predicted octanol–water partition coefficient (Wildman–Crippen LogP) is 5.88. The average molecular weight is 426 g/mol. The number of anilines is 1. The van der Waals surface area contributed by atoms with Crippen LogP contribution < -0.4 is 10.1 Å². The van der Waals surface area contributed by atoms with Crippen LogP contribution in [0.25, 0.3) is 16.9 Å². The quantitative estimate of drug-likeness (QED) is 0.444. The molecule has 0 unspecified atom stereocenters. The van der Waals surface area contributed by atoms with Gasteiger partial charge in [-0.05, 0) is 55.0 Å². The second kappa shape index (κ2) is 7.78. The first-order valence-electron chi connectivity index (χ1n) is 8.86. The Morgan fingerprint density at radius 2 is 1.83 bits per heavy atom. The number of amides is 1. The summed E-state index contributed by atoms with van der Waals surface area (Å²) in [6.07, 6.45) is 1.86. The SMILES string of the molecule is COc1ccc(C(=O)Nc2c(-c3ccc(Cl)c(Cl)c3)nc3c(C)cccn23)cc1. The zero-order valence-electron chi connectivity index (χ0n) is 15.7. The van der Waals surface area contributed by atoms with E-state index < -0.39 is 0 Å². The summed E-state index contributed by atoms with van der Waals surface area (Å²) in [6, 6.07) is 16.1. The second-order valence-electron chi connectivity index (χ2n) is 6.51. The van der Waals surface area contributed by atoms with Gasteiger partial charge < -0.3 is 10.1 Å². The maximum atomic E-state index is 12.9. The minimum Gasteiger partial charge on any atom is -0.497 e. The van der Waals surface area contributed by atoms with Gasteiger partial charge in [0.1, 0.15) is 22.9 Å². The van der Waals surface area contributed by atoms with E-state index in [0.717, 1.165) is 16.8 Å². The Bertz CT molecular complexity index is 1220. The summed E-state index contributed by atoms with van der Waals surface area (Å²) in [5, 5.41) is 3.87. The molecule has 29 heavy (non-hydrogen) atoms. The van der Waals surface area contributed by atoms with Gasteiger partial charge in [-0.15, -0.1) is 0 Å². The van der Waals surface area contributed by atoms with Crippen molar-refractivity contribution in [1.82, 2.24) is 9.38 Å². The highest BCUT2D eigenvalue weighted by molar-refractivity contribution is 6.42. The minimum absolute atomic E-state index is 0.253. The zero-order chi connectivity index (χ0) is 20.5. The highest BCUT2D eigenvalue weighted by Crippen LogP contribution is 2.34. The molecule has 146 valence electrons. The first-order valence-corrected chi connectivity index (χ1v) is 9.62. The average Bonchev–Trinajstić information content (AvgIpc) is 3.10. The number of carbonyl (C=O) groups is 1. The molecule has 7 heteroatoms. The monoisotopic (exact) mass is 425 g/mol. The predicted molar refractivity (Wildman–Crippen MR) is 116 cm³/mol. The molecular weight excluding hydrogens is 409 g/mol. The number of rotatable bonds is 4. The number of aryl methyl sites for hydroxylation is 1. The highest BCUT2D eigenvalue weighted by atomic mass is 35.5. The smallest absolute Gasteiger partial charge is 0.256 e. The van der Waals surface area contributed by atoms with Gasteiger partial charge in [-0.3, -0.25) is 9.20 Å². The third-order valence-electron chi connectivity index (χ3n) is 4.62. The van der Waals surface area contributed by atoms with Gasteiger partial charge in [0.25, 0.3) is 5.91 Å². The zero-order valence-corrected chi connectivity index (χ0v) is 17.3. The van der Waals surface area contributed by atoms with Crippen LogP contribution in [0.15, 0.2) is 60.8 Å². The summed E-state index contributed by atoms with van der Waals surface area (Å²) in [5.41, 5.74) is 3.61. The van der Waals surface area contributed by atoms with Crippen LogP contribution in [0.3, 0.4) is 0 Å². The molecule has 0 aliphatic rings. The van der Waals surface area contributed by atoms with Gasteiger partial charge in [-0.2, -0.15) is 0 Å². The number of halogens is 2. The van der Waals surface area contributed by atoms with Crippen LogP contribution in [0.5, 0.6) is 5.75 Å². The number of nitrogens with zero attached hydrogens (tertiary/aromatic N) is 2. The third kappa shape index (κ3) is 3.67. The number of hydrogen-bond donors (Lipinski definition) is 1. The molecule has 2 heterocycles. The van der Waals surface area contributed by atoms with Crippen LogP contribution in [-0.2, 0) is 0 Å². The van der Waals surface area contributed by atoms with Gasteiger partial charge in [0, 0.05) is 17.3 Å². The number of benzene rings is 2. The fourth-order valence-electron chi connectivity index (χ4n) is 3.09. The lowest BCUT2D eigenvalue weighted by molar-refractivity contribution is 0.102. The summed E-state index contributed by atoms with van der Waals surface area (Å²) in [5.74, 6) is 0.989. The third-order valence-corrected chi connectivity index (χ3v) is 5.36. The molecule has 0 saturated heterocycles. The molecule has 2 aromatic heterocycles. The van der Waals surface area contributed by atoms with Crippen molar-refractivity contribution in [1.29, 1.82) is 0 Å². The van der Waals surface area contributed by atoms with Gasteiger partial charge in [-0.25, -0.2) is 4.98 Å². The summed E-state index contributed by atoms with van der Waals surface area (Å²) >= 11 is 12.3. The van der Waals surface area contributed by atoms with Crippen molar-refractivity contribution in [3.05, 3.63) is 82.0 Å². The van der Waals surface area contributed by atoms with Crippen LogP contribution in [0.2, 0.25) is 10.0 Å². The molecule has 0 saturated carbocycles. The van der Waals surface area contributed by atoms with Crippen molar-refractivity contribution in [2.24, 2.45) is 0 Å². The number of imidazole rings is 1. The maximum absolute atomic E-state index is 12.9. The normalized spacial score (nSPS) is 10.9. The van der Waals surface area contributed by atoms with E-state index in [0.29, 0.717) is 32.9 Å². The number of carbonyl (C=O) groups excluding carboxylic acids is 1. The van der Waals surface area contributed by atoms with E-state index in [1.165, 1.54) is 0 Å². The first-order chi connectivity index (χ1) is 14.0. The summed E-state index contributed by atoms with van der Waals surface area (Å²) in [4.78, 5) is 17.7. The first kappa shape index (κ1) is 19.3. The molecule has 0 aliphatic heterocycles. The van der Waals surface area contributed by atoms with Gasteiger partial charge in [0.15, 0.2) is 0 Å². The Labute approximate surface area is 177 Å². The lowest BCUT2D eigenvalue weighted by Crippen LogP contribution is -2.14. The maximum Gasteiger partial charge on any atom is 0.256 e. The van der Waals surface area contributed by atoms with E-state index in [4.69, 9.17) is 32.9 Å². The molecule has 0 aliphatic carbocycles. The molecule has 4 rings (SSSR count). The van der Waals surface area contributed by atoms with E-state index in [1.54, 1.807) is 43.5 Å². The number of pyridine rings is 1. The molecule has 1 amide bonds. The number of nitrogens with one attached hydrogen (secondary N) is 1. The van der Waals surface area contributed by atoms with E-state index in [-0.39, 0.29) is 5.91 Å². The largest absolute Gasteiger partial charge is 0.497 e. The van der Waals surface area contributed by atoms with E-state index in [9.17, 15) is 4.79 Å². The van der Waals surface area contributed by atoms with Crippen LogP contribution >= 0.6 is 23.2 Å². The minimum atomic E-state index is -0.253. The Kier molecular flexibility index (Phi) is 5.18. The Balaban J connectivity index is 1.82. The Morgan fingerprint density at radius 1 is 1.07 bits per heavy atom. The van der Waals surface area contributed by atoms with Gasteiger partial charge >= 0.3 is 0 Å². The fraction of sp³-hybridized carbons (Fsp3) is 0.0909. The number of ether oxygens (including phenoxy) is 1. The van der Waals surface area contributed by atoms with Crippen molar-refractivity contribution in [3.8, 4) is 17.0 Å². The Hall–Kier alpha value is -3.02. The topological polar surface area (TPSA) is 55.6 Å². The molecule has 0 atom stereocenters. The molecule has 5 nitrogen and oxygen atoms in total. The van der Waals surface area contributed by atoms with Crippen molar-refractivity contribution >= 4 is 40.6 Å². The van der Waals surface area contributed by atoms with Gasteiger partial charge in [0.05, 0.1) is 17.2 Å². The molecular formula is C22H17Cl2N3O2. The molecule has 0 fully saturated rings. The van der Waals surface area contributed by atoms with Crippen LogP contribution in [0, 0.1) is 6.92 Å². The van der Waals surface area contributed by atoms with Crippen molar-refractivity contribution in [3.63, 3.8) is 0 Å². The summed E-state index contributed by atoms with van der Waals surface area (Å²) < 4.78 is 7.01. The second-order valence-corrected chi connectivity index (χ2v) is 7.32. The van der Waals surface area contributed by atoms with E-state index >= 15 is 0 Å². The number of fused-ring (bicyclic) bond motifs is 1. The van der Waals surface area contributed by atoms with Crippen LogP contribution in [0.4, 0.5) is 5.82 Å². The molecule has 0 spiro atoms. The van der Waals surface area contributed by atoms with E-state index in [1.807, 2.05) is 35.7 Å². The van der Waals surface area contributed by atoms with Crippen molar-refractivity contribution < 1.29 is 9.53 Å². The van der Waals surface area contributed by atoms with Crippen molar-refractivity contribution in [2.75, 3.05) is 12.4 Å². The molecule has 4 aromatic rings.